The van der Waals surface area contributed by atoms with E-state index in [1.807, 2.05) is 12.2 Å². The van der Waals surface area contributed by atoms with Crippen LogP contribution in [0.25, 0.3) is 0 Å². The Morgan fingerprint density at radius 3 is 1.71 bits per heavy atom. The molecule has 0 spiro atoms. The van der Waals surface area contributed by atoms with Crippen LogP contribution in [0.2, 0.25) is 0 Å². The van der Waals surface area contributed by atoms with Crippen molar-refractivity contribution in [1.82, 2.24) is 0 Å². The summed E-state index contributed by atoms with van der Waals surface area (Å²) in [6.07, 6.45) is 11.2. The second-order valence-corrected chi connectivity index (χ2v) is 2.56. The monoisotopic (exact) mass is 295 g/mol. The van der Waals surface area contributed by atoms with Crippen LogP contribution in [-0.4, -0.2) is 0 Å². The van der Waals surface area contributed by atoms with Gasteiger partial charge in [0.2, 0.25) is 0 Å². The maximum Gasteiger partial charge on any atom is 2.00 e. The fourth-order valence-corrected chi connectivity index (χ4v) is 0.340. The van der Waals surface area contributed by atoms with Crippen molar-refractivity contribution in [1.29, 1.82) is 0 Å². The molecule has 0 heterocycles. The van der Waals surface area contributed by atoms with Gasteiger partial charge in [0.1, 0.15) is 0 Å². The Labute approximate surface area is 119 Å². The van der Waals surface area contributed by atoms with Crippen molar-refractivity contribution in [2.45, 2.75) is 33.6 Å². The van der Waals surface area contributed by atoms with Gasteiger partial charge in [-0.25, -0.2) is 12.2 Å². The second-order valence-electron chi connectivity index (χ2n) is 2.56. The summed E-state index contributed by atoms with van der Waals surface area (Å²) in [6.45, 7) is 6.44. The van der Waals surface area contributed by atoms with Crippen molar-refractivity contribution in [3.05, 3.63) is 30.2 Å². The summed E-state index contributed by atoms with van der Waals surface area (Å²) in [5, 5.41) is 0. The molecule has 0 fully saturated rings. The number of rotatable bonds is 1. The van der Waals surface area contributed by atoms with Gasteiger partial charge in [0, 0.05) is 0 Å². The van der Waals surface area contributed by atoms with Crippen LogP contribution in [0, 0.1) is 12.0 Å². The number of hydrogen-bond donors (Lipinski definition) is 0. The molecule has 0 unspecified atom stereocenters. The predicted octanol–water partition coefficient (Wildman–Crippen LogP) is 4.58. The van der Waals surface area contributed by atoms with Gasteiger partial charge in [-0.05, 0) is 0 Å². The van der Waals surface area contributed by atoms with E-state index in [1.165, 1.54) is 12.3 Å². The molecule has 0 atom stereocenters. The van der Waals surface area contributed by atoms with Crippen LogP contribution in [-0.2, 0) is 18.6 Å². The van der Waals surface area contributed by atoms with E-state index >= 15 is 0 Å². The van der Waals surface area contributed by atoms with Gasteiger partial charge >= 0.3 is 18.6 Å². The third kappa shape index (κ3) is 29.3. The Morgan fingerprint density at radius 2 is 1.64 bits per heavy atom. The predicted molar refractivity (Wildman–Crippen MR) is 68.2 cm³/mol. The van der Waals surface area contributed by atoms with Crippen molar-refractivity contribution < 1.29 is 18.6 Å². The third-order valence-electron chi connectivity index (χ3n) is 1.29. The molecule has 0 aromatic rings. The van der Waals surface area contributed by atoms with Crippen LogP contribution in [0.5, 0.6) is 0 Å². The van der Waals surface area contributed by atoms with E-state index in [0.717, 1.165) is 6.42 Å². The summed E-state index contributed by atoms with van der Waals surface area (Å²) in [5.41, 5.74) is 0. The minimum absolute atomic E-state index is 0. The Hall–Kier alpha value is 0.934. The zero-order chi connectivity index (χ0) is 7.82. The summed E-state index contributed by atoms with van der Waals surface area (Å²) in [7, 11) is 0. The molecule has 0 bridgehead atoms. The number of hydrogen-bond acceptors (Lipinski definition) is 0. The Kier molecular flexibility index (Phi) is 49.6. The zero-order valence-corrected chi connectivity index (χ0v) is 12.7. The molecule has 0 aliphatic heterocycles. The minimum atomic E-state index is 0. The van der Waals surface area contributed by atoms with Gasteiger partial charge in [-0.3, -0.25) is 6.08 Å². The van der Waals surface area contributed by atoms with Crippen LogP contribution in [0.4, 0.5) is 0 Å². The number of halogens is 3. The van der Waals surface area contributed by atoms with Crippen molar-refractivity contribution in [2.75, 3.05) is 0 Å². The molecule has 0 N–H and O–H groups in total. The first-order chi connectivity index (χ1) is 4.77. The quantitative estimate of drug-likeness (QED) is 0.621. The number of allylic oxidation sites excluding steroid dienone is 4. The van der Waals surface area contributed by atoms with Crippen molar-refractivity contribution in [3.63, 3.8) is 0 Å². The molecule has 0 aromatic heterocycles. The van der Waals surface area contributed by atoms with Gasteiger partial charge in [0.25, 0.3) is 0 Å². The van der Waals surface area contributed by atoms with E-state index in [1.54, 1.807) is 0 Å². The summed E-state index contributed by atoms with van der Waals surface area (Å²) in [4.78, 5) is 0. The first kappa shape index (κ1) is 29.4. The molecule has 0 saturated carbocycles. The van der Waals surface area contributed by atoms with Crippen molar-refractivity contribution >= 4 is 37.2 Å². The van der Waals surface area contributed by atoms with Gasteiger partial charge < -0.3 is 5.92 Å². The van der Waals surface area contributed by atoms with Gasteiger partial charge in [0.05, 0.1) is 0 Å². The fourth-order valence-electron chi connectivity index (χ4n) is 0.340. The van der Waals surface area contributed by atoms with E-state index in [-0.39, 0.29) is 55.8 Å². The van der Waals surface area contributed by atoms with Gasteiger partial charge in [-0.1, -0.05) is 6.92 Å². The Balaban J connectivity index is -0.0000000300. The largest absolute Gasteiger partial charge is 2.00 e. The maximum absolute atomic E-state index is 2.99. The summed E-state index contributed by atoms with van der Waals surface area (Å²) < 4.78 is 0. The smallest absolute Gasteiger partial charge is 0.320 e. The fraction of sp³-hybridized carbons (Fsp3) is 0.500. The summed E-state index contributed by atoms with van der Waals surface area (Å²) >= 11 is 0. The molecule has 1 rings (SSSR count). The molecule has 4 heteroatoms. The molecule has 0 amide bonds. The average Bonchev–Trinajstić information content (AvgIpc) is 2.43. The topological polar surface area (TPSA) is 0 Å². The summed E-state index contributed by atoms with van der Waals surface area (Å²) in [5.74, 6) is 1.50. The van der Waals surface area contributed by atoms with E-state index < -0.39 is 0 Å². The molecule has 0 aromatic carbocycles. The first-order valence-corrected chi connectivity index (χ1v) is 3.78. The van der Waals surface area contributed by atoms with E-state index in [0.29, 0.717) is 0 Å². The van der Waals surface area contributed by atoms with Gasteiger partial charge in [-0.2, -0.15) is 26.3 Å². The molecule has 85 valence electrons. The second kappa shape index (κ2) is 23.6. The average molecular weight is 297 g/mol. The first-order valence-electron chi connectivity index (χ1n) is 3.78. The van der Waals surface area contributed by atoms with Crippen LogP contribution in [0.15, 0.2) is 18.2 Å². The molecule has 0 saturated heterocycles. The minimum Gasteiger partial charge on any atom is -0.320 e. The van der Waals surface area contributed by atoms with E-state index in [9.17, 15) is 0 Å². The zero-order valence-electron chi connectivity index (χ0n) is 8.82. The standard InChI is InChI=1S/C5H5.C5H11.3ClH.V/c1-2-4-5-3-1;1-4-5(2)3;;;;/h1-3H,4H2;4H2,1-3H3;3*1H;/q2*-1;;;;+2. The SMILES string of the molecule is CC[C-](C)C.Cl.Cl.Cl.[C-]1=CC=CC1.[V+2]. The van der Waals surface area contributed by atoms with Crippen molar-refractivity contribution in [2.24, 2.45) is 0 Å². The molecule has 1 radical (unpaired) electrons. The van der Waals surface area contributed by atoms with E-state index in [4.69, 9.17) is 0 Å². The van der Waals surface area contributed by atoms with Crippen LogP contribution in [0.3, 0.4) is 0 Å². The molecule has 1 aliphatic carbocycles. The molecule has 1 aliphatic rings. The van der Waals surface area contributed by atoms with E-state index in [2.05, 4.69) is 32.9 Å². The molecular formula is C10H19Cl3V. The third-order valence-corrected chi connectivity index (χ3v) is 1.29. The normalized spacial score (nSPS) is 9.71. The maximum atomic E-state index is 2.99. The van der Waals surface area contributed by atoms with Crippen LogP contribution < -0.4 is 0 Å². The molecular weight excluding hydrogens is 277 g/mol. The Morgan fingerprint density at radius 1 is 1.21 bits per heavy atom. The Bertz CT molecular complexity index is 113. The summed E-state index contributed by atoms with van der Waals surface area (Å²) in [6, 6.07) is 0. The van der Waals surface area contributed by atoms with Gasteiger partial charge in [-0.15, -0.1) is 43.6 Å². The molecule has 14 heavy (non-hydrogen) atoms. The van der Waals surface area contributed by atoms with Gasteiger partial charge in [0.15, 0.2) is 0 Å². The van der Waals surface area contributed by atoms with Crippen LogP contribution >= 0.6 is 37.2 Å². The molecule has 0 nitrogen and oxygen atoms in total. The van der Waals surface area contributed by atoms with Crippen molar-refractivity contribution in [3.8, 4) is 0 Å². The van der Waals surface area contributed by atoms with Crippen LogP contribution in [0.1, 0.15) is 33.6 Å².